The van der Waals surface area contributed by atoms with Crippen LogP contribution in [0.5, 0.6) is 0 Å². The van der Waals surface area contributed by atoms with Gasteiger partial charge in [0.25, 0.3) is 0 Å². The van der Waals surface area contributed by atoms with Gasteiger partial charge in [0, 0.05) is 17.5 Å². The number of rotatable bonds is 4. The van der Waals surface area contributed by atoms with Crippen molar-refractivity contribution in [3.8, 4) is 0 Å². The first-order valence-electron chi connectivity index (χ1n) is 5.37. The highest BCUT2D eigenvalue weighted by atomic mass is 32.1. The number of amides is 1. The molecule has 15 heavy (non-hydrogen) atoms. The maximum atomic E-state index is 11.5. The van der Waals surface area contributed by atoms with Gasteiger partial charge in [-0.2, -0.15) is 0 Å². The Bertz CT molecular complexity index is 304. The highest BCUT2D eigenvalue weighted by molar-refractivity contribution is 7.10. The Morgan fingerprint density at radius 1 is 1.67 bits per heavy atom. The number of carbonyl (C=O) groups excluding carboxylic acids is 1. The summed E-state index contributed by atoms with van der Waals surface area (Å²) in [5.74, 6) is 0.131. The van der Waals surface area contributed by atoms with Crippen molar-refractivity contribution in [1.82, 2.24) is 10.6 Å². The molecule has 0 aromatic carbocycles. The maximum absolute atomic E-state index is 11.5. The number of carbonyl (C=O) groups is 1. The van der Waals surface area contributed by atoms with Crippen LogP contribution in [0, 0.1) is 0 Å². The van der Waals surface area contributed by atoms with Crippen molar-refractivity contribution in [2.45, 2.75) is 25.3 Å². The highest BCUT2D eigenvalue weighted by Gasteiger charge is 2.14. The molecule has 1 atom stereocenters. The van der Waals surface area contributed by atoms with Gasteiger partial charge in [0.15, 0.2) is 0 Å². The van der Waals surface area contributed by atoms with Gasteiger partial charge in [-0.3, -0.25) is 4.79 Å². The molecule has 3 nitrogen and oxygen atoms in total. The summed E-state index contributed by atoms with van der Waals surface area (Å²) in [6, 6.07) is 4.46. The molecule has 1 aromatic heterocycles. The van der Waals surface area contributed by atoms with Crippen molar-refractivity contribution in [2.24, 2.45) is 0 Å². The van der Waals surface area contributed by atoms with Crippen molar-refractivity contribution < 1.29 is 4.79 Å². The molecule has 1 unspecified atom stereocenters. The van der Waals surface area contributed by atoms with Crippen LogP contribution in [-0.2, 0) is 11.2 Å². The van der Waals surface area contributed by atoms with E-state index in [1.54, 1.807) is 11.3 Å². The van der Waals surface area contributed by atoms with Crippen LogP contribution in [0.1, 0.15) is 17.7 Å². The first kappa shape index (κ1) is 10.6. The Hall–Kier alpha value is -0.870. The molecular weight excluding hydrogens is 208 g/mol. The van der Waals surface area contributed by atoms with Crippen LogP contribution in [-0.4, -0.2) is 25.0 Å². The van der Waals surface area contributed by atoms with Crippen LogP contribution < -0.4 is 10.6 Å². The molecule has 0 saturated carbocycles. The van der Waals surface area contributed by atoms with E-state index >= 15 is 0 Å². The van der Waals surface area contributed by atoms with E-state index in [-0.39, 0.29) is 5.91 Å². The van der Waals surface area contributed by atoms with E-state index in [9.17, 15) is 4.79 Å². The number of hydrogen-bond donors (Lipinski definition) is 2. The Balaban J connectivity index is 1.68. The molecule has 1 aliphatic rings. The quantitative estimate of drug-likeness (QED) is 0.806. The molecule has 1 amide bonds. The Morgan fingerprint density at radius 3 is 3.27 bits per heavy atom. The minimum Gasteiger partial charge on any atom is -0.354 e. The zero-order valence-corrected chi connectivity index (χ0v) is 9.48. The number of nitrogens with one attached hydrogen (secondary N) is 2. The molecule has 1 fully saturated rings. The topological polar surface area (TPSA) is 41.1 Å². The Kier molecular flexibility index (Phi) is 3.75. The summed E-state index contributed by atoms with van der Waals surface area (Å²) in [5.41, 5.74) is 0. The van der Waals surface area contributed by atoms with Crippen LogP contribution in [0.15, 0.2) is 17.5 Å². The Morgan fingerprint density at radius 2 is 2.60 bits per heavy atom. The molecule has 1 aliphatic heterocycles. The van der Waals surface area contributed by atoms with E-state index in [2.05, 4.69) is 10.6 Å². The fraction of sp³-hybridized carbons (Fsp3) is 0.545. The lowest BCUT2D eigenvalue weighted by Crippen LogP contribution is -2.37. The van der Waals surface area contributed by atoms with Gasteiger partial charge in [0.2, 0.25) is 5.91 Å². The van der Waals surface area contributed by atoms with Gasteiger partial charge in [-0.25, -0.2) is 0 Å². The van der Waals surface area contributed by atoms with Gasteiger partial charge in [-0.15, -0.1) is 11.3 Å². The van der Waals surface area contributed by atoms with Crippen LogP contribution >= 0.6 is 11.3 Å². The van der Waals surface area contributed by atoms with E-state index < -0.39 is 0 Å². The summed E-state index contributed by atoms with van der Waals surface area (Å²) in [4.78, 5) is 12.7. The van der Waals surface area contributed by atoms with E-state index in [0.29, 0.717) is 12.5 Å². The second-order valence-electron chi connectivity index (χ2n) is 3.85. The van der Waals surface area contributed by atoms with Crippen LogP contribution in [0.2, 0.25) is 0 Å². The monoisotopic (exact) mass is 224 g/mol. The van der Waals surface area contributed by atoms with Crippen molar-refractivity contribution in [3.05, 3.63) is 22.4 Å². The first-order valence-corrected chi connectivity index (χ1v) is 6.25. The lowest BCUT2D eigenvalue weighted by atomic mass is 10.2. The molecule has 0 spiro atoms. The van der Waals surface area contributed by atoms with Crippen molar-refractivity contribution in [1.29, 1.82) is 0 Å². The number of hydrogen-bond acceptors (Lipinski definition) is 3. The van der Waals surface area contributed by atoms with Gasteiger partial charge in [-0.05, 0) is 30.8 Å². The molecule has 2 heterocycles. The molecule has 2 rings (SSSR count). The molecule has 1 saturated heterocycles. The third-order valence-corrected chi connectivity index (χ3v) is 3.50. The molecular formula is C11H16N2OS. The van der Waals surface area contributed by atoms with Gasteiger partial charge >= 0.3 is 0 Å². The first-order chi connectivity index (χ1) is 7.34. The standard InChI is InChI=1S/C11H16N2OS/c14-11(7-10-4-2-6-15-10)13-8-9-3-1-5-12-9/h2,4,6,9,12H,1,3,5,7-8H2,(H,13,14). The molecule has 1 aromatic rings. The second-order valence-corrected chi connectivity index (χ2v) is 4.89. The van der Waals surface area contributed by atoms with Crippen molar-refractivity contribution in [3.63, 3.8) is 0 Å². The minimum atomic E-state index is 0.131. The summed E-state index contributed by atoms with van der Waals surface area (Å²) in [6.07, 6.45) is 2.93. The van der Waals surface area contributed by atoms with E-state index in [4.69, 9.17) is 0 Å². The van der Waals surface area contributed by atoms with E-state index in [0.717, 1.165) is 18.0 Å². The maximum Gasteiger partial charge on any atom is 0.225 e. The minimum absolute atomic E-state index is 0.131. The normalized spacial score (nSPS) is 20.4. The fourth-order valence-electron chi connectivity index (χ4n) is 1.80. The molecule has 4 heteroatoms. The van der Waals surface area contributed by atoms with Crippen molar-refractivity contribution in [2.75, 3.05) is 13.1 Å². The summed E-state index contributed by atoms with van der Waals surface area (Å²) in [7, 11) is 0. The largest absolute Gasteiger partial charge is 0.354 e. The second kappa shape index (κ2) is 5.28. The zero-order valence-electron chi connectivity index (χ0n) is 8.66. The van der Waals surface area contributed by atoms with Gasteiger partial charge in [0.05, 0.1) is 6.42 Å². The van der Waals surface area contributed by atoms with Crippen LogP contribution in [0.25, 0.3) is 0 Å². The average Bonchev–Trinajstić information content (AvgIpc) is 2.86. The SMILES string of the molecule is O=C(Cc1cccs1)NCC1CCCN1. The lowest BCUT2D eigenvalue weighted by molar-refractivity contribution is -0.120. The fourth-order valence-corrected chi connectivity index (χ4v) is 2.51. The van der Waals surface area contributed by atoms with Crippen LogP contribution in [0.4, 0.5) is 0 Å². The van der Waals surface area contributed by atoms with Crippen molar-refractivity contribution >= 4 is 17.2 Å². The predicted octanol–water partition coefficient (Wildman–Crippen LogP) is 1.16. The summed E-state index contributed by atoms with van der Waals surface area (Å²) >= 11 is 1.63. The summed E-state index contributed by atoms with van der Waals surface area (Å²) in [5, 5.41) is 8.33. The van der Waals surface area contributed by atoms with Gasteiger partial charge in [-0.1, -0.05) is 6.07 Å². The van der Waals surface area contributed by atoms with Crippen LogP contribution in [0.3, 0.4) is 0 Å². The molecule has 0 aliphatic carbocycles. The molecule has 0 radical (unpaired) electrons. The van der Waals surface area contributed by atoms with Gasteiger partial charge in [0.1, 0.15) is 0 Å². The average molecular weight is 224 g/mol. The predicted molar refractivity (Wildman–Crippen MR) is 62.1 cm³/mol. The smallest absolute Gasteiger partial charge is 0.225 e. The highest BCUT2D eigenvalue weighted by Crippen LogP contribution is 2.09. The third-order valence-electron chi connectivity index (χ3n) is 2.62. The van der Waals surface area contributed by atoms with Gasteiger partial charge < -0.3 is 10.6 Å². The lowest BCUT2D eigenvalue weighted by Gasteiger charge is -2.10. The van der Waals surface area contributed by atoms with E-state index in [1.807, 2.05) is 17.5 Å². The summed E-state index contributed by atoms with van der Waals surface area (Å²) < 4.78 is 0. The molecule has 0 bridgehead atoms. The Labute approximate surface area is 93.9 Å². The third kappa shape index (κ3) is 3.32. The van der Waals surface area contributed by atoms with E-state index in [1.165, 1.54) is 12.8 Å². The number of thiophene rings is 1. The summed E-state index contributed by atoms with van der Waals surface area (Å²) in [6.45, 7) is 1.86. The zero-order chi connectivity index (χ0) is 10.5. The molecule has 82 valence electrons. The molecule has 2 N–H and O–H groups in total.